The van der Waals surface area contributed by atoms with Gasteiger partial charge >= 0.3 is 0 Å². The Morgan fingerprint density at radius 1 is 1.32 bits per heavy atom. The first-order valence-electron chi connectivity index (χ1n) is 10.7. The van der Waals surface area contributed by atoms with Crippen LogP contribution in [0, 0.1) is 20.8 Å². The van der Waals surface area contributed by atoms with Crippen molar-refractivity contribution >= 4 is 11.6 Å². The Kier molecular flexibility index (Phi) is 6.08. The molecule has 1 aromatic carbocycles. The minimum absolute atomic E-state index is 0.199. The van der Waals surface area contributed by atoms with Crippen LogP contribution < -0.4 is 15.4 Å². The van der Waals surface area contributed by atoms with Crippen LogP contribution in [0.4, 0.5) is 5.69 Å². The third-order valence-electron chi connectivity index (χ3n) is 5.87. The summed E-state index contributed by atoms with van der Waals surface area (Å²) in [5.41, 5.74) is 4.55. The molecule has 1 fully saturated rings. The van der Waals surface area contributed by atoms with Gasteiger partial charge in [-0.15, -0.1) is 0 Å². The van der Waals surface area contributed by atoms with Gasteiger partial charge in [-0.25, -0.2) is 0 Å². The molecule has 0 spiro atoms. The lowest BCUT2D eigenvalue weighted by molar-refractivity contribution is 0.102. The van der Waals surface area contributed by atoms with Crippen LogP contribution in [0.2, 0.25) is 0 Å². The third-order valence-corrected chi connectivity index (χ3v) is 5.87. The van der Waals surface area contributed by atoms with Gasteiger partial charge in [-0.3, -0.25) is 9.48 Å². The van der Waals surface area contributed by atoms with E-state index in [1.807, 2.05) is 46.0 Å². The maximum Gasteiger partial charge on any atom is 0.259 e. The molecule has 3 aromatic rings. The molecule has 2 N–H and O–H groups in total. The van der Waals surface area contributed by atoms with E-state index in [1.165, 1.54) is 12.8 Å². The van der Waals surface area contributed by atoms with Crippen LogP contribution in [0.25, 0.3) is 11.1 Å². The molecule has 8 nitrogen and oxygen atoms in total. The van der Waals surface area contributed by atoms with Gasteiger partial charge in [0.1, 0.15) is 18.1 Å². The summed E-state index contributed by atoms with van der Waals surface area (Å²) in [6.45, 7) is 7.28. The van der Waals surface area contributed by atoms with Gasteiger partial charge in [-0.1, -0.05) is 11.6 Å². The highest BCUT2D eigenvalue weighted by atomic mass is 16.5. The van der Waals surface area contributed by atoms with E-state index in [9.17, 15) is 4.79 Å². The zero-order valence-electron chi connectivity index (χ0n) is 18.5. The van der Waals surface area contributed by atoms with Gasteiger partial charge in [0.15, 0.2) is 0 Å². The number of aryl methyl sites for hydroxylation is 3. The van der Waals surface area contributed by atoms with Crippen LogP contribution in [-0.4, -0.2) is 40.0 Å². The number of anilines is 1. The van der Waals surface area contributed by atoms with Crippen molar-refractivity contribution in [1.82, 2.24) is 20.3 Å². The predicted octanol–water partition coefficient (Wildman–Crippen LogP) is 3.77. The molecule has 0 unspecified atom stereocenters. The smallest absolute Gasteiger partial charge is 0.259 e. The number of aromatic nitrogens is 3. The fourth-order valence-corrected chi connectivity index (χ4v) is 3.97. The van der Waals surface area contributed by atoms with Crippen LogP contribution in [0.1, 0.15) is 46.8 Å². The summed E-state index contributed by atoms with van der Waals surface area (Å²) in [5, 5.41) is 14.7. The standard InChI is InChI=1S/C23H29N5O3/c1-14-22(16(3)31-27-14)19-11-17(26-23(29)20-12-25-28(4)15(20)2)8-9-21(19)30-13-18-7-5-6-10-24-18/h8-9,11-12,18,24H,5-7,10,13H2,1-4H3,(H,26,29)/t18-/m1/s1. The third kappa shape index (κ3) is 4.49. The van der Waals surface area contributed by atoms with E-state index in [1.54, 1.807) is 10.9 Å². The van der Waals surface area contributed by atoms with E-state index in [4.69, 9.17) is 9.26 Å². The van der Waals surface area contributed by atoms with Crippen LogP contribution in [0.3, 0.4) is 0 Å². The summed E-state index contributed by atoms with van der Waals surface area (Å²) in [5.74, 6) is 1.26. The number of nitrogens with one attached hydrogen (secondary N) is 2. The lowest BCUT2D eigenvalue weighted by Gasteiger charge is -2.24. The summed E-state index contributed by atoms with van der Waals surface area (Å²) in [7, 11) is 1.81. The van der Waals surface area contributed by atoms with Crippen LogP contribution in [0.5, 0.6) is 5.75 Å². The Morgan fingerprint density at radius 3 is 2.81 bits per heavy atom. The van der Waals surface area contributed by atoms with Crippen molar-refractivity contribution in [2.24, 2.45) is 7.05 Å². The first-order valence-corrected chi connectivity index (χ1v) is 10.7. The molecule has 1 saturated heterocycles. The molecule has 164 valence electrons. The van der Waals surface area contributed by atoms with Gasteiger partial charge < -0.3 is 19.9 Å². The number of rotatable bonds is 6. The molecule has 1 aliphatic rings. The summed E-state index contributed by atoms with van der Waals surface area (Å²) in [6, 6.07) is 6.02. The molecule has 2 aromatic heterocycles. The molecule has 0 aliphatic carbocycles. The highest BCUT2D eigenvalue weighted by molar-refractivity contribution is 6.05. The van der Waals surface area contributed by atoms with Crippen molar-refractivity contribution in [2.45, 2.75) is 46.1 Å². The Hall–Kier alpha value is -3.13. The first-order chi connectivity index (χ1) is 14.9. The molecule has 1 amide bonds. The number of carbonyl (C=O) groups excluding carboxylic acids is 1. The molecule has 8 heteroatoms. The summed E-state index contributed by atoms with van der Waals surface area (Å²) in [6.07, 6.45) is 5.12. The minimum atomic E-state index is -0.199. The highest BCUT2D eigenvalue weighted by Gasteiger charge is 2.20. The number of ether oxygens (including phenoxy) is 1. The van der Waals surface area contributed by atoms with Gasteiger partial charge in [0.05, 0.1) is 23.0 Å². The fraction of sp³-hybridized carbons (Fsp3) is 0.435. The largest absolute Gasteiger partial charge is 0.491 e. The second-order valence-electron chi connectivity index (χ2n) is 8.09. The van der Waals surface area contributed by atoms with E-state index >= 15 is 0 Å². The van der Waals surface area contributed by atoms with Gasteiger partial charge in [-0.05, 0) is 58.4 Å². The van der Waals surface area contributed by atoms with Gasteiger partial charge in [0.2, 0.25) is 0 Å². The summed E-state index contributed by atoms with van der Waals surface area (Å²) < 4.78 is 13.3. The highest BCUT2D eigenvalue weighted by Crippen LogP contribution is 2.37. The molecule has 0 saturated carbocycles. The quantitative estimate of drug-likeness (QED) is 0.627. The van der Waals surface area contributed by atoms with Crippen LogP contribution >= 0.6 is 0 Å². The van der Waals surface area contributed by atoms with E-state index in [0.29, 0.717) is 29.7 Å². The molecule has 1 atom stereocenters. The van der Waals surface area contributed by atoms with Gasteiger partial charge in [-0.2, -0.15) is 5.10 Å². The van der Waals surface area contributed by atoms with Crippen molar-refractivity contribution < 1.29 is 14.1 Å². The molecular weight excluding hydrogens is 394 g/mol. The van der Waals surface area contributed by atoms with E-state index in [-0.39, 0.29) is 5.91 Å². The molecule has 31 heavy (non-hydrogen) atoms. The number of nitrogens with zero attached hydrogens (tertiary/aromatic N) is 3. The van der Waals surface area contributed by atoms with Crippen LogP contribution in [-0.2, 0) is 7.05 Å². The first kappa shape index (κ1) is 21.1. The van der Waals surface area contributed by atoms with E-state index in [0.717, 1.165) is 41.2 Å². The van der Waals surface area contributed by atoms with E-state index in [2.05, 4.69) is 20.9 Å². The monoisotopic (exact) mass is 423 g/mol. The number of hydrogen-bond acceptors (Lipinski definition) is 6. The predicted molar refractivity (Wildman–Crippen MR) is 118 cm³/mol. The average molecular weight is 424 g/mol. The van der Waals surface area contributed by atoms with E-state index < -0.39 is 0 Å². The fourth-order valence-electron chi connectivity index (χ4n) is 3.97. The number of amides is 1. The number of piperidine rings is 1. The second kappa shape index (κ2) is 8.93. The summed E-state index contributed by atoms with van der Waals surface area (Å²) in [4.78, 5) is 12.8. The lowest BCUT2D eigenvalue weighted by atomic mass is 10.0. The Balaban J connectivity index is 1.61. The molecule has 0 bridgehead atoms. The zero-order chi connectivity index (χ0) is 22.0. The topological polar surface area (TPSA) is 94.2 Å². The second-order valence-corrected chi connectivity index (χ2v) is 8.09. The van der Waals surface area contributed by atoms with Gasteiger partial charge in [0, 0.05) is 30.0 Å². The van der Waals surface area contributed by atoms with Crippen molar-refractivity contribution in [3.8, 4) is 16.9 Å². The Bertz CT molecular complexity index is 1060. The summed E-state index contributed by atoms with van der Waals surface area (Å²) >= 11 is 0. The molecule has 0 radical (unpaired) electrons. The average Bonchev–Trinajstić information content (AvgIpc) is 3.28. The molecule has 4 rings (SSSR count). The van der Waals surface area contributed by atoms with Crippen molar-refractivity contribution in [2.75, 3.05) is 18.5 Å². The Morgan fingerprint density at radius 2 is 2.16 bits per heavy atom. The molecular formula is C23H29N5O3. The Labute approximate surface area is 182 Å². The number of benzene rings is 1. The molecule has 1 aliphatic heterocycles. The SMILES string of the molecule is Cc1noc(C)c1-c1cc(NC(=O)c2cnn(C)c2C)ccc1OC[C@H]1CCCCN1. The maximum absolute atomic E-state index is 12.8. The van der Waals surface area contributed by atoms with Crippen molar-refractivity contribution in [3.05, 3.63) is 47.1 Å². The zero-order valence-corrected chi connectivity index (χ0v) is 18.5. The lowest BCUT2D eigenvalue weighted by Crippen LogP contribution is -2.38. The van der Waals surface area contributed by atoms with Crippen molar-refractivity contribution in [1.29, 1.82) is 0 Å². The van der Waals surface area contributed by atoms with Gasteiger partial charge in [0.25, 0.3) is 5.91 Å². The maximum atomic E-state index is 12.8. The minimum Gasteiger partial charge on any atom is -0.491 e. The van der Waals surface area contributed by atoms with Crippen LogP contribution in [0.15, 0.2) is 28.9 Å². The van der Waals surface area contributed by atoms with Crippen molar-refractivity contribution in [3.63, 3.8) is 0 Å². The number of hydrogen-bond donors (Lipinski definition) is 2. The number of carbonyl (C=O) groups is 1. The normalized spacial score (nSPS) is 16.3. The molecule has 3 heterocycles.